The Labute approximate surface area is 139 Å². The molecular weight excluding hydrogens is 308 g/mol. The van der Waals surface area contributed by atoms with E-state index in [-0.39, 0.29) is 0 Å². The first-order valence-electron chi connectivity index (χ1n) is 7.63. The van der Waals surface area contributed by atoms with Crippen molar-refractivity contribution in [3.63, 3.8) is 0 Å². The van der Waals surface area contributed by atoms with Crippen molar-refractivity contribution < 1.29 is 8.42 Å². The fourth-order valence-corrected chi connectivity index (χ4v) is 3.72. The van der Waals surface area contributed by atoms with Crippen LogP contribution in [0.3, 0.4) is 0 Å². The number of benzene rings is 2. The van der Waals surface area contributed by atoms with E-state index in [4.69, 9.17) is 0 Å². The van der Waals surface area contributed by atoms with Crippen LogP contribution in [-0.4, -0.2) is 29.1 Å². The van der Waals surface area contributed by atoms with Crippen molar-refractivity contribution in [3.8, 4) is 0 Å². The highest BCUT2D eigenvalue weighted by molar-refractivity contribution is 7.89. The van der Waals surface area contributed by atoms with Gasteiger partial charge in [0.15, 0.2) is 0 Å². The summed E-state index contributed by atoms with van der Waals surface area (Å²) in [6.45, 7) is 4.09. The number of nitrogens with zero attached hydrogens (tertiary/aromatic N) is 1. The van der Waals surface area contributed by atoms with Gasteiger partial charge in [-0.15, -0.1) is 0 Å². The number of sulfonamides is 1. The molecule has 0 spiro atoms. The van der Waals surface area contributed by atoms with Gasteiger partial charge < -0.3 is 4.90 Å². The summed E-state index contributed by atoms with van der Waals surface area (Å²) in [5.41, 5.74) is 3.94. The Kier molecular flexibility index (Phi) is 5.44. The van der Waals surface area contributed by atoms with Crippen molar-refractivity contribution in [1.29, 1.82) is 0 Å². The van der Waals surface area contributed by atoms with Crippen LogP contribution >= 0.6 is 0 Å². The smallest absolute Gasteiger partial charge is 0.240 e. The van der Waals surface area contributed by atoms with Gasteiger partial charge in [0.25, 0.3) is 0 Å². The van der Waals surface area contributed by atoms with Crippen molar-refractivity contribution in [3.05, 3.63) is 59.2 Å². The molecule has 0 saturated heterocycles. The van der Waals surface area contributed by atoms with Gasteiger partial charge in [0.1, 0.15) is 0 Å². The van der Waals surface area contributed by atoms with Gasteiger partial charge in [0, 0.05) is 26.3 Å². The van der Waals surface area contributed by atoms with Crippen molar-refractivity contribution in [2.24, 2.45) is 0 Å². The minimum Gasteiger partial charge on any atom is -0.378 e. The first kappa shape index (κ1) is 17.5. The lowest BCUT2D eigenvalue weighted by Gasteiger charge is -2.13. The minimum absolute atomic E-state index is 0.362. The van der Waals surface area contributed by atoms with E-state index in [0.29, 0.717) is 17.9 Å². The predicted octanol–water partition coefficient (Wildman–Crippen LogP) is 2.89. The lowest BCUT2D eigenvalue weighted by Crippen LogP contribution is -2.26. The third-order valence-electron chi connectivity index (χ3n) is 3.79. The van der Waals surface area contributed by atoms with Gasteiger partial charge in [-0.05, 0) is 55.2 Å². The zero-order chi connectivity index (χ0) is 17.0. The van der Waals surface area contributed by atoms with Gasteiger partial charge in [-0.25, -0.2) is 13.1 Å². The van der Waals surface area contributed by atoms with Crippen LogP contribution in [0.15, 0.2) is 47.4 Å². The van der Waals surface area contributed by atoms with Gasteiger partial charge in [0.05, 0.1) is 4.90 Å². The topological polar surface area (TPSA) is 49.4 Å². The fourth-order valence-electron chi connectivity index (χ4n) is 2.37. The molecule has 23 heavy (non-hydrogen) atoms. The number of hydrogen-bond donors (Lipinski definition) is 1. The molecule has 0 fully saturated rings. The maximum absolute atomic E-state index is 12.4. The van der Waals surface area contributed by atoms with Gasteiger partial charge in [-0.1, -0.05) is 24.3 Å². The minimum atomic E-state index is -3.46. The highest BCUT2D eigenvalue weighted by Crippen LogP contribution is 2.17. The summed E-state index contributed by atoms with van der Waals surface area (Å²) in [6, 6.07) is 13.6. The summed E-state index contributed by atoms with van der Waals surface area (Å²) in [6.07, 6.45) is 0.664. The molecule has 2 aromatic carbocycles. The molecule has 0 radical (unpaired) electrons. The van der Waals surface area contributed by atoms with E-state index in [9.17, 15) is 8.42 Å². The van der Waals surface area contributed by atoms with Crippen LogP contribution in [0.5, 0.6) is 0 Å². The van der Waals surface area contributed by atoms with E-state index in [1.807, 2.05) is 69.2 Å². The molecule has 0 aliphatic carbocycles. The first-order chi connectivity index (χ1) is 10.8. The average molecular weight is 332 g/mol. The number of aryl methyl sites for hydroxylation is 2. The summed E-state index contributed by atoms with van der Waals surface area (Å²) in [4.78, 5) is 2.40. The molecule has 0 saturated carbocycles. The SMILES string of the molecule is Cc1ccc(C)c(S(=O)(=O)NCCc2ccc(N(C)C)cc2)c1. The van der Waals surface area contributed by atoms with Gasteiger partial charge in [-0.3, -0.25) is 0 Å². The van der Waals surface area contributed by atoms with E-state index in [1.165, 1.54) is 0 Å². The third kappa shape index (κ3) is 4.56. The molecule has 4 nitrogen and oxygen atoms in total. The Morgan fingerprint density at radius 2 is 1.65 bits per heavy atom. The second kappa shape index (κ2) is 7.15. The van der Waals surface area contributed by atoms with Crippen LogP contribution in [0.1, 0.15) is 16.7 Å². The number of nitrogens with one attached hydrogen (secondary N) is 1. The Balaban J connectivity index is 2.01. The lowest BCUT2D eigenvalue weighted by molar-refractivity contribution is 0.581. The second-order valence-electron chi connectivity index (χ2n) is 5.98. The van der Waals surface area contributed by atoms with Crippen LogP contribution in [0.2, 0.25) is 0 Å². The molecule has 0 aliphatic heterocycles. The Morgan fingerprint density at radius 3 is 2.26 bits per heavy atom. The zero-order valence-electron chi connectivity index (χ0n) is 14.1. The van der Waals surface area contributed by atoms with Crippen molar-refractivity contribution >= 4 is 15.7 Å². The Bertz CT molecular complexity index is 766. The van der Waals surface area contributed by atoms with Crippen molar-refractivity contribution in [1.82, 2.24) is 4.72 Å². The largest absolute Gasteiger partial charge is 0.378 e. The quantitative estimate of drug-likeness (QED) is 0.885. The summed E-state index contributed by atoms with van der Waals surface area (Å²) in [7, 11) is 0.523. The molecule has 0 aromatic heterocycles. The van der Waals surface area contributed by atoms with E-state index in [0.717, 1.165) is 22.4 Å². The highest BCUT2D eigenvalue weighted by Gasteiger charge is 2.16. The first-order valence-corrected chi connectivity index (χ1v) is 9.11. The van der Waals surface area contributed by atoms with E-state index < -0.39 is 10.0 Å². The summed E-state index contributed by atoms with van der Waals surface area (Å²) < 4.78 is 27.5. The van der Waals surface area contributed by atoms with Crippen molar-refractivity contribution in [2.45, 2.75) is 25.2 Å². The van der Waals surface area contributed by atoms with E-state index in [2.05, 4.69) is 4.72 Å². The van der Waals surface area contributed by atoms with Crippen LogP contribution < -0.4 is 9.62 Å². The highest BCUT2D eigenvalue weighted by atomic mass is 32.2. The third-order valence-corrected chi connectivity index (χ3v) is 5.39. The summed E-state index contributed by atoms with van der Waals surface area (Å²) in [5, 5.41) is 0. The number of anilines is 1. The molecule has 0 heterocycles. The van der Waals surface area contributed by atoms with Crippen LogP contribution in [0.4, 0.5) is 5.69 Å². The molecule has 0 amide bonds. The predicted molar refractivity (Wildman–Crippen MR) is 95.6 cm³/mol. The molecule has 124 valence electrons. The van der Waals surface area contributed by atoms with Crippen LogP contribution in [0, 0.1) is 13.8 Å². The molecule has 0 bridgehead atoms. The standard InChI is InChI=1S/C18H24N2O2S/c1-14-5-6-15(2)18(13-14)23(21,22)19-12-11-16-7-9-17(10-8-16)20(3)4/h5-10,13,19H,11-12H2,1-4H3. The summed E-state index contributed by atoms with van der Waals surface area (Å²) in [5.74, 6) is 0. The molecule has 1 N–H and O–H groups in total. The average Bonchev–Trinajstić information content (AvgIpc) is 2.50. The molecule has 5 heteroatoms. The van der Waals surface area contributed by atoms with E-state index in [1.54, 1.807) is 6.07 Å². The maximum Gasteiger partial charge on any atom is 0.240 e. The molecule has 2 rings (SSSR count). The second-order valence-corrected chi connectivity index (χ2v) is 7.71. The molecule has 0 atom stereocenters. The van der Waals surface area contributed by atoms with Crippen LogP contribution in [-0.2, 0) is 16.4 Å². The number of hydrogen-bond acceptors (Lipinski definition) is 3. The van der Waals surface area contributed by atoms with Crippen LogP contribution in [0.25, 0.3) is 0 Å². The molecular formula is C18H24N2O2S. The molecule has 0 aliphatic rings. The number of rotatable bonds is 6. The van der Waals surface area contributed by atoms with Gasteiger partial charge in [0.2, 0.25) is 10.0 Å². The fraction of sp³-hybridized carbons (Fsp3) is 0.333. The van der Waals surface area contributed by atoms with Crippen molar-refractivity contribution in [2.75, 3.05) is 25.5 Å². The lowest BCUT2D eigenvalue weighted by atomic mass is 10.1. The van der Waals surface area contributed by atoms with Gasteiger partial charge >= 0.3 is 0 Å². The molecule has 0 unspecified atom stereocenters. The monoisotopic (exact) mass is 332 g/mol. The van der Waals surface area contributed by atoms with Gasteiger partial charge in [-0.2, -0.15) is 0 Å². The summed E-state index contributed by atoms with van der Waals surface area (Å²) >= 11 is 0. The van der Waals surface area contributed by atoms with E-state index >= 15 is 0 Å². The molecule has 2 aromatic rings. The zero-order valence-corrected chi connectivity index (χ0v) is 14.9. The maximum atomic E-state index is 12.4. The normalized spacial score (nSPS) is 11.5. The Morgan fingerprint density at radius 1 is 1.00 bits per heavy atom. The Hall–Kier alpha value is -1.85.